The first-order valence-corrected chi connectivity index (χ1v) is 13.4. The van der Waals surface area contributed by atoms with Crippen LogP contribution in [0.25, 0.3) is 0 Å². The number of ketones is 2. The van der Waals surface area contributed by atoms with Gasteiger partial charge in [-0.2, -0.15) is 0 Å². The number of ether oxygens (including phenoxy) is 3. The summed E-state index contributed by atoms with van der Waals surface area (Å²) in [6.45, 7) is 8.99. The highest BCUT2D eigenvalue weighted by Gasteiger charge is 2.31. The van der Waals surface area contributed by atoms with E-state index in [1.807, 2.05) is 0 Å². The molecule has 0 spiro atoms. The number of primary amides is 1. The fraction of sp³-hybridized carbons (Fsp3) is 0.467. The van der Waals surface area contributed by atoms with Crippen molar-refractivity contribution in [2.75, 3.05) is 20.8 Å². The molecule has 2 amide bonds. The fourth-order valence-electron chi connectivity index (χ4n) is 4.70. The quantitative estimate of drug-likeness (QED) is 0.276. The summed E-state index contributed by atoms with van der Waals surface area (Å²) >= 11 is 0. The first-order valence-electron chi connectivity index (χ1n) is 13.4. The predicted octanol–water partition coefficient (Wildman–Crippen LogP) is 2.29. The zero-order valence-corrected chi connectivity index (χ0v) is 24.3. The summed E-state index contributed by atoms with van der Waals surface area (Å²) < 4.78 is 16.5. The Morgan fingerprint density at radius 2 is 1.95 bits per heavy atom. The summed E-state index contributed by atoms with van der Waals surface area (Å²) in [5.74, 6) is -1.92. The molecule has 1 heterocycles. The molecule has 224 valence electrons. The number of nitrogens with one attached hydrogen (secondary N) is 2. The summed E-state index contributed by atoms with van der Waals surface area (Å²) in [6.07, 6.45) is 5.80. The van der Waals surface area contributed by atoms with Gasteiger partial charge in [-0.25, -0.2) is 4.79 Å². The summed E-state index contributed by atoms with van der Waals surface area (Å²) in [7, 11) is 2.91. The number of fused-ring (bicyclic) bond motifs is 2. The molecule has 1 unspecified atom stereocenters. The normalized spacial score (nSPS) is 30.2. The Morgan fingerprint density at radius 3 is 2.56 bits per heavy atom. The molecule has 0 fully saturated rings. The van der Waals surface area contributed by atoms with Crippen LogP contribution >= 0.6 is 0 Å². The van der Waals surface area contributed by atoms with Gasteiger partial charge in [0, 0.05) is 43.9 Å². The number of allylic oxidation sites excluding steroid dienone is 4. The highest BCUT2D eigenvalue weighted by Crippen LogP contribution is 2.26. The first kappa shape index (κ1) is 33.4. The summed E-state index contributed by atoms with van der Waals surface area (Å²) in [5, 5.41) is 16.6. The van der Waals surface area contributed by atoms with Crippen LogP contribution in [-0.4, -0.2) is 73.9 Å². The van der Waals surface area contributed by atoms with Crippen molar-refractivity contribution in [2.24, 2.45) is 11.7 Å². The monoisotopic (exact) mass is 571 g/mol. The molecule has 5 N–H and O–H groups in total. The molecule has 2 bridgehead atoms. The van der Waals surface area contributed by atoms with Gasteiger partial charge in [0.25, 0.3) is 5.91 Å². The van der Waals surface area contributed by atoms with Crippen molar-refractivity contribution in [3.05, 3.63) is 71.1 Å². The number of methoxy groups -OCH3 is 2. The van der Waals surface area contributed by atoms with E-state index in [0.717, 1.165) is 6.08 Å². The standard InChI is InChI=1S/C30H41N3O8/c1-7-14-32-25-20-11-9-12-23(39-5)26(35)18(3)15-19(4)28(41-30(31)38)24(40-6)13-8-10-17(2)29(37)33-21(27(20)36)16-22(25)34/h7-8,10,13,15-16,18,23-24,26,28,32,35H,1,9,11-12,14H2,2-6H3,(H2,31,38)(H,33,37)/b13-8-,17-10+,19-15+/t18?,23-,24-,26+,28-/m0/s1. The number of aliphatic hydroxyl groups is 1. The summed E-state index contributed by atoms with van der Waals surface area (Å²) in [6, 6.07) is 0. The maximum atomic E-state index is 13.4. The third-order valence-electron chi connectivity index (χ3n) is 6.94. The molecule has 0 aromatic heterocycles. The molecule has 41 heavy (non-hydrogen) atoms. The van der Waals surface area contributed by atoms with Crippen molar-refractivity contribution >= 4 is 23.6 Å². The van der Waals surface area contributed by atoms with Crippen molar-refractivity contribution in [3.8, 4) is 0 Å². The van der Waals surface area contributed by atoms with Gasteiger partial charge in [-0.05, 0) is 38.7 Å². The van der Waals surface area contributed by atoms with Crippen LogP contribution in [0.2, 0.25) is 0 Å². The number of hydrogen-bond acceptors (Lipinski definition) is 9. The van der Waals surface area contributed by atoms with E-state index in [-0.39, 0.29) is 35.5 Å². The molecule has 0 saturated heterocycles. The van der Waals surface area contributed by atoms with E-state index in [1.165, 1.54) is 20.3 Å². The van der Waals surface area contributed by atoms with E-state index in [9.17, 15) is 24.3 Å². The van der Waals surface area contributed by atoms with Crippen LogP contribution in [0.4, 0.5) is 4.79 Å². The Labute approximate surface area is 240 Å². The third-order valence-corrected chi connectivity index (χ3v) is 6.94. The Morgan fingerprint density at radius 1 is 1.24 bits per heavy atom. The molecule has 0 saturated carbocycles. The lowest BCUT2D eigenvalue weighted by Gasteiger charge is -2.28. The minimum Gasteiger partial charge on any atom is -0.439 e. The van der Waals surface area contributed by atoms with Crippen LogP contribution in [0.5, 0.6) is 0 Å². The van der Waals surface area contributed by atoms with E-state index in [0.29, 0.717) is 18.4 Å². The second-order valence-electron chi connectivity index (χ2n) is 9.95. The number of hydrogen-bond donors (Lipinski definition) is 4. The van der Waals surface area contributed by atoms with Gasteiger partial charge >= 0.3 is 6.09 Å². The molecule has 0 radical (unpaired) electrons. The third kappa shape index (κ3) is 9.10. The van der Waals surface area contributed by atoms with Gasteiger partial charge in [-0.3, -0.25) is 14.4 Å². The molecule has 0 aromatic carbocycles. The average molecular weight is 572 g/mol. The molecule has 2 rings (SSSR count). The number of Topliss-reactive ketones (excluding diaryl/α,β-unsaturated/α-hetero) is 1. The van der Waals surface area contributed by atoms with Crippen molar-refractivity contribution in [1.82, 2.24) is 10.6 Å². The van der Waals surface area contributed by atoms with Gasteiger partial charge in [0.2, 0.25) is 11.6 Å². The second kappa shape index (κ2) is 15.8. The lowest BCUT2D eigenvalue weighted by molar-refractivity contribution is -0.120. The Bertz CT molecular complexity index is 1180. The molecular weight excluding hydrogens is 530 g/mol. The molecule has 5 atom stereocenters. The zero-order valence-electron chi connectivity index (χ0n) is 24.3. The van der Waals surface area contributed by atoms with E-state index < -0.39 is 53.9 Å². The second-order valence-corrected chi connectivity index (χ2v) is 9.95. The van der Waals surface area contributed by atoms with Crippen molar-refractivity contribution in [1.29, 1.82) is 0 Å². The number of carbonyl (C=O) groups excluding carboxylic acids is 4. The van der Waals surface area contributed by atoms with Crippen molar-refractivity contribution < 1.29 is 38.5 Å². The average Bonchev–Trinajstić information content (AvgIpc) is 2.93. The summed E-state index contributed by atoms with van der Waals surface area (Å²) in [5.41, 5.74) is 6.42. The zero-order chi connectivity index (χ0) is 30.7. The molecule has 11 heteroatoms. The van der Waals surface area contributed by atoms with Gasteiger partial charge < -0.3 is 35.7 Å². The Kier molecular flexibility index (Phi) is 12.9. The first-order chi connectivity index (χ1) is 19.4. The van der Waals surface area contributed by atoms with E-state index in [1.54, 1.807) is 45.1 Å². The molecule has 0 aromatic rings. The lowest BCUT2D eigenvalue weighted by Crippen LogP contribution is -2.36. The largest absolute Gasteiger partial charge is 0.439 e. The maximum Gasteiger partial charge on any atom is 0.405 e. The number of aliphatic hydroxyl groups excluding tert-OH is 1. The highest BCUT2D eigenvalue weighted by molar-refractivity contribution is 6.23. The van der Waals surface area contributed by atoms with Gasteiger partial charge in [0.15, 0.2) is 6.10 Å². The maximum absolute atomic E-state index is 13.4. The molecule has 11 nitrogen and oxygen atoms in total. The van der Waals surface area contributed by atoms with Crippen LogP contribution in [0.3, 0.4) is 0 Å². The fourth-order valence-corrected chi connectivity index (χ4v) is 4.70. The highest BCUT2D eigenvalue weighted by atomic mass is 16.6. The van der Waals surface area contributed by atoms with Crippen LogP contribution in [0, 0.1) is 5.92 Å². The van der Waals surface area contributed by atoms with Crippen LogP contribution in [0.15, 0.2) is 71.1 Å². The van der Waals surface area contributed by atoms with E-state index in [2.05, 4.69) is 17.2 Å². The minimum absolute atomic E-state index is 0.129. The topological polar surface area (TPSA) is 166 Å². The molecule has 1 aliphatic carbocycles. The number of rotatable bonds is 6. The van der Waals surface area contributed by atoms with Gasteiger partial charge in [-0.15, -0.1) is 6.58 Å². The van der Waals surface area contributed by atoms with Gasteiger partial charge in [0.05, 0.1) is 23.6 Å². The predicted molar refractivity (Wildman–Crippen MR) is 153 cm³/mol. The van der Waals surface area contributed by atoms with E-state index >= 15 is 0 Å². The van der Waals surface area contributed by atoms with Crippen LogP contribution < -0.4 is 16.4 Å². The molecular formula is C30H41N3O8. The van der Waals surface area contributed by atoms with E-state index in [4.69, 9.17) is 19.9 Å². The SMILES string of the molecule is C=CCNC1=C2CCC[C@H](OC)[C@H](O)C(C)/C=C(\C)[C@H](OC(N)=O)[C@@H](OC)/C=C\C=C(/C)C(=O)NC(=CC1=O)C2=O. The van der Waals surface area contributed by atoms with Crippen molar-refractivity contribution in [3.63, 3.8) is 0 Å². The Hall–Kier alpha value is -3.80. The lowest BCUT2D eigenvalue weighted by atomic mass is 9.89. The molecule has 1 aliphatic heterocycles. The minimum atomic E-state index is -1.000. The van der Waals surface area contributed by atoms with Gasteiger partial charge in [-0.1, -0.05) is 37.3 Å². The molecule has 2 aliphatic rings. The number of nitrogens with two attached hydrogens (primary N) is 1. The number of amides is 2. The van der Waals surface area contributed by atoms with Crippen LogP contribution in [-0.2, 0) is 28.6 Å². The van der Waals surface area contributed by atoms with Crippen LogP contribution in [0.1, 0.15) is 40.0 Å². The Balaban J connectivity index is 2.56. The smallest absolute Gasteiger partial charge is 0.405 e. The number of carbonyl (C=O) groups is 4. The van der Waals surface area contributed by atoms with Crippen molar-refractivity contribution in [2.45, 2.75) is 64.4 Å². The van der Waals surface area contributed by atoms with Gasteiger partial charge in [0.1, 0.15) is 6.10 Å². The summed E-state index contributed by atoms with van der Waals surface area (Å²) in [4.78, 5) is 50.9.